The Morgan fingerprint density at radius 1 is 1.17 bits per heavy atom. The average molecular weight is 348 g/mol. The molecule has 7 heteroatoms. The first-order chi connectivity index (χ1) is 11.4. The highest BCUT2D eigenvalue weighted by atomic mass is 32.2. The van der Waals surface area contributed by atoms with Gasteiger partial charge in [-0.3, -0.25) is 4.79 Å². The molecule has 2 atom stereocenters. The van der Waals surface area contributed by atoms with Gasteiger partial charge >= 0.3 is 0 Å². The van der Waals surface area contributed by atoms with Gasteiger partial charge in [0, 0.05) is 18.9 Å². The lowest BCUT2D eigenvalue weighted by molar-refractivity contribution is -0.114. The summed E-state index contributed by atoms with van der Waals surface area (Å²) in [4.78, 5) is 11.0. The quantitative estimate of drug-likeness (QED) is 0.872. The average Bonchev–Trinajstić information content (AvgIpc) is 3.28. The van der Waals surface area contributed by atoms with Gasteiger partial charge in [-0.05, 0) is 30.2 Å². The summed E-state index contributed by atoms with van der Waals surface area (Å²) >= 11 is 0. The molecule has 0 saturated heterocycles. The number of carbonyl (C=O) groups is 1. The maximum atomic E-state index is 13.6. The Balaban J connectivity index is 1.76. The normalized spacial score (nSPS) is 19.8. The minimum atomic E-state index is -3.78. The van der Waals surface area contributed by atoms with E-state index in [1.807, 2.05) is 30.3 Å². The highest BCUT2D eigenvalue weighted by Crippen LogP contribution is 2.41. The van der Waals surface area contributed by atoms with Crippen molar-refractivity contribution in [1.29, 1.82) is 0 Å². The molecular weight excluding hydrogens is 331 g/mol. The van der Waals surface area contributed by atoms with Gasteiger partial charge < -0.3 is 5.32 Å². The van der Waals surface area contributed by atoms with E-state index in [2.05, 4.69) is 10.0 Å². The van der Waals surface area contributed by atoms with Gasteiger partial charge in [0.15, 0.2) is 0 Å². The Kier molecular flexibility index (Phi) is 4.38. The van der Waals surface area contributed by atoms with Gasteiger partial charge in [-0.1, -0.05) is 30.3 Å². The third kappa shape index (κ3) is 3.63. The number of hydrogen-bond donors (Lipinski definition) is 2. The van der Waals surface area contributed by atoms with Gasteiger partial charge in [0.2, 0.25) is 15.9 Å². The van der Waals surface area contributed by atoms with E-state index in [9.17, 15) is 17.6 Å². The summed E-state index contributed by atoms with van der Waals surface area (Å²) in [5, 5.41) is 2.28. The van der Waals surface area contributed by atoms with Gasteiger partial charge in [-0.25, -0.2) is 17.5 Å². The number of carbonyl (C=O) groups excluding carboxylic acids is 1. The molecule has 0 heterocycles. The van der Waals surface area contributed by atoms with E-state index in [1.165, 1.54) is 13.0 Å². The fraction of sp³-hybridized carbons (Fsp3) is 0.235. The zero-order valence-corrected chi connectivity index (χ0v) is 13.8. The molecule has 126 valence electrons. The molecule has 0 spiro atoms. The first kappa shape index (κ1) is 16.6. The van der Waals surface area contributed by atoms with Gasteiger partial charge in [0.25, 0.3) is 0 Å². The van der Waals surface area contributed by atoms with E-state index in [-0.39, 0.29) is 22.5 Å². The van der Waals surface area contributed by atoms with Gasteiger partial charge in [0.1, 0.15) is 5.82 Å². The Labute approximate surface area is 139 Å². The SMILES string of the molecule is CC(=O)Nc1cc(S(=O)(=O)N[C@@H]2C[C@H]2c2ccccc2)ccc1F. The molecule has 3 rings (SSSR count). The van der Waals surface area contributed by atoms with Crippen LogP contribution in [0.1, 0.15) is 24.8 Å². The van der Waals surface area contributed by atoms with Crippen molar-refractivity contribution in [2.75, 3.05) is 5.32 Å². The van der Waals surface area contributed by atoms with Crippen LogP contribution >= 0.6 is 0 Å². The standard InChI is InChI=1S/C17H17FN2O3S/c1-11(21)19-17-9-13(7-8-15(17)18)24(22,23)20-16-10-14(16)12-5-3-2-4-6-12/h2-9,14,16,20H,10H2,1H3,(H,19,21)/t14-,16+/m0/s1. The Morgan fingerprint density at radius 2 is 1.88 bits per heavy atom. The molecule has 1 saturated carbocycles. The highest BCUT2D eigenvalue weighted by molar-refractivity contribution is 7.89. The third-order valence-corrected chi connectivity index (χ3v) is 5.37. The highest BCUT2D eigenvalue weighted by Gasteiger charge is 2.41. The first-order valence-corrected chi connectivity index (χ1v) is 8.99. The van der Waals surface area contributed by atoms with Crippen molar-refractivity contribution in [2.45, 2.75) is 30.2 Å². The number of amides is 1. The molecule has 2 N–H and O–H groups in total. The number of benzene rings is 2. The van der Waals surface area contributed by atoms with Crippen molar-refractivity contribution in [3.05, 3.63) is 59.9 Å². The van der Waals surface area contributed by atoms with Gasteiger partial charge in [0.05, 0.1) is 10.6 Å². The van der Waals surface area contributed by atoms with Crippen LogP contribution in [-0.2, 0) is 14.8 Å². The summed E-state index contributed by atoms with van der Waals surface area (Å²) in [6.07, 6.45) is 0.725. The molecule has 2 aromatic carbocycles. The van der Waals surface area contributed by atoms with Crippen LogP contribution in [0.25, 0.3) is 0 Å². The number of anilines is 1. The number of halogens is 1. The monoisotopic (exact) mass is 348 g/mol. The summed E-state index contributed by atoms with van der Waals surface area (Å²) in [5.41, 5.74) is 0.934. The molecule has 0 aliphatic heterocycles. The van der Waals surface area contributed by atoms with Crippen LogP contribution in [-0.4, -0.2) is 20.4 Å². The van der Waals surface area contributed by atoms with E-state index < -0.39 is 21.7 Å². The van der Waals surface area contributed by atoms with Crippen molar-refractivity contribution >= 4 is 21.6 Å². The molecule has 0 radical (unpaired) electrons. The second kappa shape index (κ2) is 6.33. The second-order valence-electron chi connectivity index (χ2n) is 5.80. The molecule has 1 fully saturated rings. The Hall–Kier alpha value is -2.25. The van der Waals surface area contributed by atoms with Crippen LogP contribution in [0, 0.1) is 5.82 Å². The molecule has 5 nitrogen and oxygen atoms in total. The van der Waals surface area contributed by atoms with Crippen LogP contribution in [0.3, 0.4) is 0 Å². The number of hydrogen-bond acceptors (Lipinski definition) is 3. The Morgan fingerprint density at radius 3 is 2.54 bits per heavy atom. The zero-order chi connectivity index (χ0) is 17.3. The topological polar surface area (TPSA) is 75.3 Å². The lowest BCUT2D eigenvalue weighted by Crippen LogP contribution is -2.27. The maximum Gasteiger partial charge on any atom is 0.240 e. The van der Waals surface area contributed by atoms with Crippen LogP contribution in [0.5, 0.6) is 0 Å². The number of sulfonamides is 1. The Bertz CT molecular complexity index is 869. The first-order valence-electron chi connectivity index (χ1n) is 7.51. The molecular formula is C17H17FN2O3S. The van der Waals surface area contributed by atoms with Gasteiger partial charge in [-0.15, -0.1) is 0 Å². The van der Waals surface area contributed by atoms with Gasteiger partial charge in [-0.2, -0.15) is 0 Å². The molecule has 1 aliphatic rings. The van der Waals surface area contributed by atoms with Crippen LogP contribution in [0.15, 0.2) is 53.4 Å². The zero-order valence-electron chi connectivity index (χ0n) is 13.0. The van der Waals surface area contributed by atoms with E-state index in [1.54, 1.807) is 0 Å². The summed E-state index contributed by atoms with van der Waals surface area (Å²) in [6, 6.07) is 12.8. The molecule has 0 aromatic heterocycles. The molecule has 0 unspecified atom stereocenters. The van der Waals surface area contributed by atoms with Crippen molar-refractivity contribution in [2.24, 2.45) is 0 Å². The van der Waals surface area contributed by atoms with Crippen molar-refractivity contribution in [3.63, 3.8) is 0 Å². The lowest BCUT2D eigenvalue weighted by Gasteiger charge is -2.09. The lowest BCUT2D eigenvalue weighted by atomic mass is 10.1. The third-order valence-electron chi connectivity index (χ3n) is 3.88. The largest absolute Gasteiger partial charge is 0.324 e. The van der Waals surface area contributed by atoms with Crippen molar-refractivity contribution in [1.82, 2.24) is 4.72 Å². The van der Waals surface area contributed by atoms with Crippen molar-refractivity contribution in [3.8, 4) is 0 Å². The molecule has 0 bridgehead atoms. The minimum absolute atomic E-state index is 0.0774. The second-order valence-corrected chi connectivity index (χ2v) is 7.52. The van der Waals surface area contributed by atoms with Crippen molar-refractivity contribution < 1.29 is 17.6 Å². The van der Waals surface area contributed by atoms with E-state index in [0.29, 0.717) is 0 Å². The van der Waals surface area contributed by atoms with E-state index in [0.717, 1.165) is 24.1 Å². The maximum absolute atomic E-state index is 13.6. The summed E-state index contributed by atoms with van der Waals surface area (Å²) in [6.45, 7) is 1.23. The summed E-state index contributed by atoms with van der Waals surface area (Å²) < 4.78 is 41.2. The molecule has 1 aliphatic carbocycles. The smallest absolute Gasteiger partial charge is 0.240 e. The predicted molar refractivity (Wildman–Crippen MR) is 88.6 cm³/mol. The van der Waals surface area contributed by atoms with E-state index in [4.69, 9.17) is 0 Å². The molecule has 1 amide bonds. The summed E-state index contributed by atoms with van der Waals surface area (Å²) in [5.74, 6) is -1.00. The minimum Gasteiger partial charge on any atom is -0.324 e. The van der Waals surface area contributed by atoms with E-state index >= 15 is 0 Å². The molecule has 24 heavy (non-hydrogen) atoms. The predicted octanol–water partition coefficient (Wildman–Crippen LogP) is 2.62. The number of nitrogens with one attached hydrogen (secondary N) is 2. The molecule has 2 aromatic rings. The number of rotatable bonds is 5. The van der Waals surface area contributed by atoms with Crippen LogP contribution in [0.2, 0.25) is 0 Å². The fourth-order valence-corrected chi connectivity index (χ4v) is 3.93. The fourth-order valence-electron chi connectivity index (χ4n) is 2.62. The van der Waals surface area contributed by atoms with Crippen LogP contribution < -0.4 is 10.0 Å². The summed E-state index contributed by atoms with van der Waals surface area (Å²) in [7, 11) is -3.78. The van der Waals surface area contributed by atoms with Crippen LogP contribution in [0.4, 0.5) is 10.1 Å².